The molecule has 0 spiro atoms. The number of hydrogen-bond acceptors (Lipinski definition) is 3. The Morgan fingerprint density at radius 2 is 2.11 bits per heavy atom. The van der Waals surface area contributed by atoms with Gasteiger partial charge in [-0.15, -0.1) is 0 Å². The van der Waals surface area contributed by atoms with Crippen LogP contribution in [0.5, 0.6) is 0 Å². The molecule has 0 radical (unpaired) electrons. The van der Waals surface area contributed by atoms with Crippen molar-refractivity contribution < 1.29 is 0 Å². The Morgan fingerprint density at radius 1 is 1.37 bits per heavy atom. The molecule has 96 valence electrons. The summed E-state index contributed by atoms with van der Waals surface area (Å²) in [5, 5.41) is 14.1. The van der Waals surface area contributed by atoms with Gasteiger partial charge < -0.3 is 0 Å². The van der Waals surface area contributed by atoms with Crippen LogP contribution in [0.4, 0.5) is 0 Å². The number of aryl methyl sites for hydroxylation is 1. The lowest BCUT2D eigenvalue weighted by Crippen LogP contribution is -2.24. The van der Waals surface area contributed by atoms with Gasteiger partial charge in [-0.1, -0.05) is 23.2 Å². The number of nitriles is 1. The molecule has 2 rings (SSSR count). The highest BCUT2D eigenvalue weighted by molar-refractivity contribution is 6.36. The minimum atomic E-state index is -0.404. The fourth-order valence-electron chi connectivity index (χ4n) is 1.67. The second-order valence-corrected chi connectivity index (χ2v) is 4.64. The van der Waals surface area contributed by atoms with E-state index in [1.807, 2.05) is 6.07 Å². The molecule has 4 nitrogen and oxygen atoms in total. The van der Waals surface area contributed by atoms with Crippen molar-refractivity contribution in [1.82, 2.24) is 9.78 Å². The van der Waals surface area contributed by atoms with Crippen LogP contribution in [0.25, 0.3) is 11.3 Å². The van der Waals surface area contributed by atoms with Crippen LogP contribution in [0.1, 0.15) is 12.5 Å². The molecule has 0 aliphatic heterocycles. The van der Waals surface area contributed by atoms with Gasteiger partial charge in [0, 0.05) is 17.1 Å². The van der Waals surface area contributed by atoms with E-state index < -0.39 is 5.56 Å². The molecule has 1 heterocycles. The summed E-state index contributed by atoms with van der Waals surface area (Å²) in [5.74, 6) is 0. The number of rotatable bonds is 2. The van der Waals surface area contributed by atoms with Gasteiger partial charge in [0.05, 0.1) is 10.7 Å². The zero-order chi connectivity index (χ0) is 14.0. The molecule has 0 N–H and O–H groups in total. The van der Waals surface area contributed by atoms with Gasteiger partial charge in [0.25, 0.3) is 5.56 Å². The Kier molecular flexibility index (Phi) is 3.89. The molecule has 0 aliphatic rings. The van der Waals surface area contributed by atoms with Gasteiger partial charge in [-0.2, -0.15) is 10.4 Å². The van der Waals surface area contributed by atoms with E-state index >= 15 is 0 Å². The Bertz CT molecular complexity index is 732. The van der Waals surface area contributed by atoms with E-state index in [0.29, 0.717) is 27.8 Å². The van der Waals surface area contributed by atoms with Crippen molar-refractivity contribution in [1.29, 1.82) is 5.26 Å². The van der Waals surface area contributed by atoms with Crippen molar-refractivity contribution in [2.24, 2.45) is 0 Å². The van der Waals surface area contributed by atoms with Crippen molar-refractivity contribution in [2.45, 2.75) is 13.5 Å². The monoisotopic (exact) mass is 293 g/mol. The predicted molar refractivity (Wildman–Crippen MR) is 74.3 cm³/mol. The molecule has 19 heavy (non-hydrogen) atoms. The maximum Gasteiger partial charge on any atom is 0.284 e. The van der Waals surface area contributed by atoms with E-state index in [4.69, 9.17) is 28.5 Å². The number of nitrogens with zero attached hydrogens (tertiary/aromatic N) is 3. The highest BCUT2D eigenvalue weighted by atomic mass is 35.5. The molecule has 0 unspecified atom stereocenters. The summed E-state index contributed by atoms with van der Waals surface area (Å²) in [6, 6.07) is 8.28. The summed E-state index contributed by atoms with van der Waals surface area (Å²) in [5.41, 5.74) is 0.737. The molecule has 0 aliphatic carbocycles. The maximum absolute atomic E-state index is 11.8. The molecule has 1 aromatic carbocycles. The lowest BCUT2D eigenvalue weighted by atomic mass is 10.1. The molecule has 0 saturated carbocycles. The van der Waals surface area contributed by atoms with Crippen molar-refractivity contribution in [2.75, 3.05) is 0 Å². The van der Waals surface area contributed by atoms with Crippen molar-refractivity contribution in [3.05, 3.63) is 50.2 Å². The lowest BCUT2D eigenvalue weighted by molar-refractivity contribution is 0.617. The molecule has 2 aromatic rings. The summed E-state index contributed by atoms with van der Waals surface area (Å²) in [6.45, 7) is 2.16. The first-order chi connectivity index (χ1) is 9.06. The first-order valence-corrected chi connectivity index (χ1v) is 6.30. The number of halogens is 2. The van der Waals surface area contributed by atoms with E-state index in [1.54, 1.807) is 25.1 Å². The first-order valence-electron chi connectivity index (χ1n) is 5.54. The molecule has 0 bridgehead atoms. The highest BCUT2D eigenvalue weighted by Crippen LogP contribution is 2.28. The van der Waals surface area contributed by atoms with Gasteiger partial charge in [0.15, 0.2) is 0 Å². The predicted octanol–water partition coefficient (Wildman–Crippen LogP) is 3.11. The van der Waals surface area contributed by atoms with E-state index in [9.17, 15) is 4.79 Å². The third-order valence-electron chi connectivity index (χ3n) is 2.60. The molecular weight excluding hydrogens is 285 g/mol. The summed E-state index contributed by atoms with van der Waals surface area (Å²) >= 11 is 11.9. The Labute approximate surface area is 119 Å². The Morgan fingerprint density at radius 3 is 2.68 bits per heavy atom. The van der Waals surface area contributed by atoms with Gasteiger partial charge in [-0.25, -0.2) is 4.68 Å². The third kappa shape index (κ3) is 2.62. The van der Waals surface area contributed by atoms with Gasteiger partial charge in [-0.3, -0.25) is 4.79 Å². The average Bonchev–Trinajstić information content (AvgIpc) is 2.39. The number of benzene rings is 1. The zero-order valence-corrected chi connectivity index (χ0v) is 11.5. The minimum absolute atomic E-state index is 0.0397. The summed E-state index contributed by atoms with van der Waals surface area (Å²) in [6.07, 6.45) is 0. The van der Waals surface area contributed by atoms with Crippen molar-refractivity contribution in [3.63, 3.8) is 0 Å². The van der Waals surface area contributed by atoms with E-state index in [-0.39, 0.29) is 5.56 Å². The number of aromatic nitrogens is 2. The van der Waals surface area contributed by atoms with Crippen LogP contribution in [0.2, 0.25) is 10.0 Å². The van der Waals surface area contributed by atoms with Crippen LogP contribution in [-0.2, 0) is 6.54 Å². The summed E-state index contributed by atoms with van der Waals surface area (Å²) in [7, 11) is 0. The average molecular weight is 294 g/mol. The Balaban J connectivity index is 2.70. The van der Waals surface area contributed by atoms with Crippen LogP contribution < -0.4 is 5.56 Å². The van der Waals surface area contributed by atoms with E-state index in [2.05, 4.69) is 5.10 Å². The maximum atomic E-state index is 11.8. The molecule has 0 amide bonds. The van der Waals surface area contributed by atoms with Gasteiger partial charge in [-0.05, 0) is 31.2 Å². The van der Waals surface area contributed by atoms with Crippen molar-refractivity contribution in [3.8, 4) is 17.3 Å². The fraction of sp³-hybridized carbons (Fsp3) is 0.154. The van der Waals surface area contributed by atoms with Gasteiger partial charge >= 0.3 is 0 Å². The zero-order valence-electron chi connectivity index (χ0n) is 10.0. The molecule has 0 fully saturated rings. The molecule has 0 atom stereocenters. The van der Waals surface area contributed by atoms with Gasteiger partial charge in [0.1, 0.15) is 11.6 Å². The SMILES string of the molecule is CCn1nc(-c2ccc(Cl)cc2Cl)cc(C#N)c1=O. The fourth-order valence-corrected chi connectivity index (χ4v) is 2.17. The topological polar surface area (TPSA) is 58.7 Å². The minimum Gasteiger partial charge on any atom is -0.266 e. The summed E-state index contributed by atoms with van der Waals surface area (Å²) in [4.78, 5) is 11.8. The lowest BCUT2D eigenvalue weighted by Gasteiger charge is -2.07. The highest BCUT2D eigenvalue weighted by Gasteiger charge is 2.11. The van der Waals surface area contributed by atoms with Crippen LogP contribution >= 0.6 is 23.2 Å². The molecule has 6 heteroatoms. The molecule has 0 saturated heterocycles. The standard InChI is InChI=1S/C13H9Cl2N3O/c1-2-18-13(19)8(7-16)5-12(17-18)10-4-3-9(14)6-11(10)15/h3-6H,2H2,1H3. The van der Waals surface area contributed by atoms with Crippen LogP contribution in [-0.4, -0.2) is 9.78 Å². The second-order valence-electron chi connectivity index (χ2n) is 3.80. The van der Waals surface area contributed by atoms with Crippen LogP contribution in [0.3, 0.4) is 0 Å². The second kappa shape index (κ2) is 5.43. The summed E-state index contributed by atoms with van der Waals surface area (Å²) < 4.78 is 1.23. The van der Waals surface area contributed by atoms with E-state index in [0.717, 1.165) is 0 Å². The quantitative estimate of drug-likeness (QED) is 0.855. The first kappa shape index (κ1) is 13.6. The third-order valence-corrected chi connectivity index (χ3v) is 3.15. The van der Waals surface area contributed by atoms with E-state index in [1.165, 1.54) is 10.7 Å². The smallest absolute Gasteiger partial charge is 0.266 e. The molecular formula is C13H9Cl2N3O. The Hall–Kier alpha value is -1.83. The van der Waals surface area contributed by atoms with Gasteiger partial charge in [0.2, 0.25) is 0 Å². The van der Waals surface area contributed by atoms with Crippen LogP contribution in [0.15, 0.2) is 29.1 Å². The number of hydrogen-bond donors (Lipinski definition) is 0. The normalized spacial score (nSPS) is 10.2. The molecule has 1 aromatic heterocycles. The largest absolute Gasteiger partial charge is 0.284 e. The van der Waals surface area contributed by atoms with Crippen LogP contribution in [0, 0.1) is 11.3 Å². The van der Waals surface area contributed by atoms with Crippen molar-refractivity contribution >= 4 is 23.2 Å².